The summed E-state index contributed by atoms with van der Waals surface area (Å²) in [5.74, 6) is 0.793. The summed E-state index contributed by atoms with van der Waals surface area (Å²) >= 11 is 0. The number of nitrogens with one attached hydrogen (secondary N) is 1. The summed E-state index contributed by atoms with van der Waals surface area (Å²) in [6.45, 7) is 2.77. The highest BCUT2D eigenvalue weighted by Crippen LogP contribution is 2.13. The molecule has 0 heterocycles. The van der Waals surface area contributed by atoms with E-state index in [-0.39, 0.29) is 5.91 Å². The first-order valence-corrected chi connectivity index (χ1v) is 6.81. The minimum atomic E-state index is 0.0196. The van der Waals surface area contributed by atoms with Crippen LogP contribution in [-0.2, 0) is 4.74 Å². The lowest BCUT2D eigenvalue weighted by molar-refractivity contribution is 0.0797. The van der Waals surface area contributed by atoms with E-state index in [1.165, 1.54) is 0 Å². The molecule has 0 saturated carbocycles. The van der Waals surface area contributed by atoms with Crippen molar-refractivity contribution >= 4 is 5.91 Å². The van der Waals surface area contributed by atoms with Gasteiger partial charge in [-0.3, -0.25) is 4.79 Å². The van der Waals surface area contributed by atoms with Gasteiger partial charge in [0.15, 0.2) is 0 Å². The van der Waals surface area contributed by atoms with E-state index in [0.717, 1.165) is 18.7 Å². The summed E-state index contributed by atoms with van der Waals surface area (Å²) in [5.41, 5.74) is 0.674. The third kappa shape index (κ3) is 5.59. The van der Waals surface area contributed by atoms with E-state index >= 15 is 0 Å². The fourth-order valence-electron chi connectivity index (χ4n) is 1.69. The van der Waals surface area contributed by atoms with Crippen LogP contribution in [0.5, 0.6) is 5.75 Å². The van der Waals surface area contributed by atoms with Crippen LogP contribution < -0.4 is 10.1 Å². The van der Waals surface area contributed by atoms with Crippen LogP contribution in [0.3, 0.4) is 0 Å². The molecule has 0 radical (unpaired) electrons. The molecule has 1 N–H and O–H groups in total. The normalized spacial score (nSPS) is 10.3. The van der Waals surface area contributed by atoms with E-state index < -0.39 is 0 Å². The number of rotatable bonds is 9. The highest BCUT2D eigenvalue weighted by molar-refractivity contribution is 5.94. The van der Waals surface area contributed by atoms with Crippen LogP contribution in [0, 0.1) is 0 Å². The Morgan fingerprint density at radius 1 is 1.25 bits per heavy atom. The second kappa shape index (κ2) is 9.34. The van der Waals surface area contributed by atoms with Gasteiger partial charge in [-0.2, -0.15) is 0 Å². The van der Waals surface area contributed by atoms with Crippen molar-refractivity contribution in [3.63, 3.8) is 0 Å². The minimum Gasteiger partial charge on any atom is -0.494 e. The SMILES string of the molecule is CNCCN(C)C(=O)c1ccc(OCCCOC)cc1. The summed E-state index contributed by atoms with van der Waals surface area (Å²) < 4.78 is 10.5. The Bertz CT molecular complexity index is 393. The van der Waals surface area contributed by atoms with Gasteiger partial charge in [0.2, 0.25) is 0 Å². The van der Waals surface area contributed by atoms with Crippen molar-refractivity contribution in [1.82, 2.24) is 10.2 Å². The highest BCUT2D eigenvalue weighted by atomic mass is 16.5. The van der Waals surface area contributed by atoms with Gasteiger partial charge >= 0.3 is 0 Å². The molecule has 0 saturated heterocycles. The maximum absolute atomic E-state index is 12.1. The molecular weight excluding hydrogens is 256 g/mol. The lowest BCUT2D eigenvalue weighted by Gasteiger charge is -2.17. The summed E-state index contributed by atoms with van der Waals surface area (Å²) in [6, 6.07) is 7.24. The molecule has 0 aliphatic carbocycles. The Morgan fingerprint density at radius 3 is 2.55 bits per heavy atom. The van der Waals surface area contributed by atoms with Crippen molar-refractivity contribution in [3.05, 3.63) is 29.8 Å². The lowest BCUT2D eigenvalue weighted by Crippen LogP contribution is -2.32. The van der Waals surface area contributed by atoms with E-state index in [1.807, 2.05) is 19.2 Å². The molecule has 1 amide bonds. The third-order valence-electron chi connectivity index (χ3n) is 2.91. The van der Waals surface area contributed by atoms with Gasteiger partial charge < -0.3 is 19.7 Å². The van der Waals surface area contributed by atoms with Crippen molar-refractivity contribution < 1.29 is 14.3 Å². The Kier molecular flexibility index (Phi) is 7.69. The maximum Gasteiger partial charge on any atom is 0.253 e. The van der Waals surface area contributed by atoms with Crippen molar-refractivity contribution in [3.8, 4) is 5.75 Å². The number of carbonyl (C=O) groups excluding carboxylic acids is 1. The average Bonchev–Trinajstić information content (AvgIpc) is 2.49. The number of ether oxygens (including phenoxy) is 2. The van der Waals surface area contributed by atoms with Gasteiger partial charge in [-0.25, -0.2) is 0 Å². The summed E-state index contributed by atoms with van der Waals surface area (Å²) in [7, 11) is 5.34. The van der Waals surface area contributed by atoms with E-state index in [0.29, 0.717) is 25.3 Å². The third-order valence-corrected chi connectivity index (χ3v) is 2.91. The van der Waals surface area contributed by atoms with E-state index in [4.69, 9.17) is 9.47 Å². The van der Waals surface area contributed by atoms with Gasteiger partial charge in [-0.15, -0.1) is 0 Å². The second-order valence-corrected chi connectivity index (χ2v) is 4.55. The zero-order valence-corrected chi connectivity index (χ0v) is 12.5. The largest absolute Gasteiger partial charge is 0.494 e. The molecule has 112 valence electrons. The van der Waals surface area contributed by atoms with Gasteiger partial charge in [0.05, 0.1) is 6.61 Å². The predicted molar refractivity (Wildman–Crippen MR) is 79.3 cm³/mol. The smallest absolute Gasteiger partial charge is 0.253 e. The van der Waals surface area contributed by atoms with Gasteiger partial charge in [0, 0.05) is 45.8 Å². The minimum absolute atomic E-state index is 0.0196. The molecule has 5 heteroatoms. The molecule has 0 aliphatic heterocycles. The van der Waals surface area contributed by atoms with Crippen molar-refractivity contribution in [2.75, 3.05) is 47.5 Å². The topological polar surface area (TPSA) is 50.8 Å². The van der Waals surface area contributed by atoms with E-state index in [1.54, 1.807) is 31.2 Å². The predicted octanol–water partition coefficient (Wildman–Crippen LogP) is 1.39. The molecule has 1 aromatic carbocycles. The molecule has 0 aliphatic rings. The first-order chi connectivity index (χ1) is 9.69. The fourth-order valence-corrected chi connectivity index (χ4v) is 1.69. The molecule has 5 nitrogen and oxygen atoms in total. The number of nitrogens with zero attached hydrogens (tertiary/aromatic N) is 1. The number of benzene rings is 1. The first-order valence-electron chi connectivity index (χ1n) is 6.81. The number of likely N-dealkylation sites (N-methyl/N-ethyl adjacent to an activating group) is 2. The zero-order valence-electron chi connectivity index (χ0n) is 12.5. The monoisotopic (exact) mass is 280 g/mol. The van der Waals surface area contributed by atoms with Crippen molar-refractivity contribution in [1.29, 1.82) is 0 Å². The van der Waals surface area contributed by atoms with E-state index in [2.05, 4.69) is 5.32 Å². The summed E-state index contributed by atoms with van der Waals surface area (Å²) in [6.07, 6.45) is 0.851. The summed E-state index contributed by atoms with van der Waals surface area (Å²) in [4.78, 5) is 13.8. The van der Waals surface area contributed by atoms with Crippen LogP contribution in [0.1, 0.15) is 16.8 Å². The number of carbonyl (C=O) groups is 1. The van der Waals surface area contributed by atoms with Gasteiger partial charge in [0.25, 0.3) is 5.91 Å². The van der Waals surface area contributed by atoms with Crippen LogP contribution in [-0.4, -0.2) is 58.3 Å². The standard InChI is InChI=1S/C15H24N2O3/c1-16-9-10-17(2)15(18)13-5-7-14(8-6-13)20-12-4-11-19-3/h5-8,16H,4,9-12H2,1-3H3. The molecular formula is C15H24N2O3. The molecule has 0 bridgehead atoms. The maximum atomic E-state index is 12.1. The Labute approximate surface area is 120 Å². The number of hydrogen-bond acceptors (Lipinski definition) is 4. The highest BCUT2D eigenvalue weighted by Gasteiger charge is 2.10. The van der Waals surface area contributed by atoms with Crippen LogP contribution in [0.25, 0.3) is 0 Å². The van der Waals surface area contributed by atoms with Crippen LogP contribution >= 0.6 is 0 Å². The van der Waals surface area contributed by atoms with Crippen molar-refractivity contribution in [2.24, 2.45) is 0 Å². The Morgan fingerprint density at radius 2 is 1.95 bits per heavy atom. The molecule has 1 aromatic rings. The van der Waals surface area contributed by atoms with Gasteiger partial charge in [-0.1, -0.05) is 0 Å². The molecule has 20 heavy (non-hydrogen) atoms. The number of hydrogen-bond donors (Lipinski definition) is 1. The summed E-state index contributed by atoms with van der Waals surface area (Å²) in [5, 5.41) is 3.02. The van der Waals surface area contributed by atoms with Crippen LogP contribution in [0.15, 0.2) is 24.3 Å². The van der Waals surface area contributed by atoms with Crippen LogP contribution in [0.4, 0.5) is 0 Å². The molecule has 0 fully saturated rings. The molecule has 0 atom stereocenters. The molecule has 0 aromatic heterocycles. The first kappa shape index (κ1) is 16.5. The Balaban J connectivity index is 2.46. The quantitative estimate of drug-likeness (QED) is 0.695. The Hall–Kier alpha value is -1.59. The van der Waals surface area contributed by atoms with Crippen molar-refractivity contribution in [2.45, 2.75) is 6.42 Å². The van der Waals surface area contributed by atoms with Gasteiger partial charge in [-0.05, 0) is 31.3 Å². The number of methoxy groups -OCH3 is 1. The lowest BCUT2D eigenvalue weighted by atomic mass is 10.2. The molecule has 1 rings (SSSR count). The fraction of sp³-hybridized carbons (Fsp3) is 0.533. The average molecular weight is 280 g/mol. The van der Waals surface area contributed by atoms with Gasteiger partial charge in [0.1, 0.15) is 5.75 Å². The molecule has 0 unspecified atom stereocenters. The zero-order chi connectivity index (χ0) is 14.8. The molecule has 0 spiro atoms. The van der Waals surface area contributed by atoms with E-state index in [9.17, 15) is 4.79 Å². The van der Waals surface area contributed by atoms with Crippen LogP contribution in [0.2, 0.25) is 0 Å². The second-order valence-electron chi connectivity index (χ2n) is 4.55. The number of amides is 1.